The van der Waals surface area contributed by atoms with Crippen LogP contribution in [-0.4, -0.2) is 13.2 Å². The van der Waals surface area contributed by atoms with Crippen LogP contribution in [0.15, 0.2) is 35.8 Å². The normalized spacial score (nSPS) is 21.2. The molecule has 1 saturated heterocycles. The van der Waals surface area contributed by atoms with E-state index in [0.717, 1.165) is 12.2 Å². The van der Waals surface area contributed by atoms with Crippen molar-refractivity contribution in [3.8, 4) is 0 Å². The quantitative estimate of drug-likeness (QED) is 0.650. The summed E-state index contributed by atoms with van der Waals surface area (Å²) in [4.78, 5) is 0. The van der Waals surface area contributed by atoms with Crippen molar-refractivity contribution in [2.75, 3.05) is 13.2 Å². The SMILES string of the molecule is C=C1OCCO/C1=C/C(=C\C)CC. The number of hydrogen-bond donors (Lipinski definition) is 0. The standard InChI is InChI=1S/C11H16O2/c1-4-10(5-2)8-11-9(3)12-6-7-13-11/h4,8H,3,5-7H2,1-2H3/b10-4-,11-8+. The third-order valence-electron chi connectivity index (χ3n) is 1.99. The molecule has 2 nitrogen and oxygen atoms in total. The van der Waals surface area contributed by atoms with Gasteiger partial charge in [-0.25, -0.2) is 0 Å². The Bertz CT molecular complexity index is 249. The molecule has 0 aromatic heterocycles. The number of rotatable bonds is 2. The molecule has 0 aromatic rings. The van der Waals surface area contributed by atoms with E-state index in [9.17, 15) is 0 Å². The van der Waals surface area contributed by atoms with Gasteiger partial charge in [-0.15, -0.1) is 0 Å². The van der Waals surface area contributed by atoms with Crippen molar-refractivity contribution < 1.29 is 9.47 Å². The zero-order valence-corrected chi connectivity index (χ0v) is 8.30. The monoisotopic (exact) mass is 180 g/mol. The zero-order chi connectivity index (χ0) is 9.68. The van der Waals surface area contributed by atoms with Gasteiger partial charge in [-0.05, 0) is 25.0 Å². The van der Waals surface area contributed by atoms with Crippen LogP contribution in [0.1, 0.15) is 20.3 Å². The molecule has 0 aromatic carbocycles. The Morgan fingerprint density at radius 3 is 2.69 bits per heavy atom. The minimum atomic E-state index is 0.605. The number of hydrogen-bond acceptors (Lipinski definition) is 2. The fourth-order valence-electron chi connectivity index (χ4n) is 1.15. The molecular formula is C11H16O2. The van der Waals surface area contributed by atoms with Crippen LogP contribution in [0.4, 0.5) is 0 Å². The van der Waals surface area contributed by atoms with E-state index in [2.05, 4.69) is 19.6 Å². The molecule has 0 N–H and O–H groups in total. The summed E-state index contributed by atoms with van der Waals surface area (Å²) in [6, 6.07) is 0. The maximum absolute atomic E-state index is 5.42. The van der Waals surface area contributed by atoms with Gasteiger partial charge in [0.25, 0.3) is 0 Å². The molecule has 0 spiro atoms. The first-order valence-corrected chi connectivity index (χ1v) is 4.59. The van der Waals surface area contributed by atoms with Gasteiger partial charge in [0.1, 0.15) is 13.2 Å². The summed E-state index contributed by atoms with van der Waals surface area (Å²) in [6.07, 6.45) is 5.05. The van der Waals surface area contributed by atoms with E-state index >= 15 is 0 Å². The van der Waals surface area contributed by atoms with Crippen LogP contribution in [0.5, 0.6) is 0 Å². The molecule has 0 amide bonds. The van der Waals surface area contributed by atoms with Gasteiger partial charge < -0.3 is 9.47 Å². The van der Waals surface area contributed by atoms with E-state index in [4.69, 9.17) is 9.47 Å². The van der Waals surface area contributed by atoms with Gasteiger partial charge in [-0.1, -0.05) is 19.6 Å². The Hall–Kier alpha value is -1.18. The van der Waals surface area contributed by atoms with Gasteiger partial charge in [0.15, 0.2) is 11.5 Å². The minimum absolute atomic E-state index is 0.605. The lowest BCUT2D eigenvalue weighted by atomic mass is 10.1. The molecule has 0 bridgehead atoms. The third kappa shape index (κ3) is 2.65. The lowest BCUT2D eigenvalue weighted by Crippen LogP contribution is -2.13. The molecule has 0 radical (unpaired) electrons. The van der Waals surface area contributed by atoms with Crippen LogP contribution >= 0.6 is 0 Å². The van der Waals surface area contributed by atoms with Gasteiger partial charge in [-0.2, -0.15) is 0 Å². The Balaban J connectivity index is 2.73. The summed E-state index contributed by atoms with van der Waals surface area (Å²) in [7, 11) is 0. The van der Waals surface area contributed by atoms with Crippen LogP contribution < -0.4 is 0 Å². The summed E-state index contributed by atoms with van der Waals surface area (Å²) in [5.41, 5.74) is 1.24. The maximum Gasteiger partial charge on any atom is 0.160 e. The van der Waals surface area contributed by atoms with Crippen LogP contribution in [0.25, 0.3) is 0 Å². The first-order valence-electron chi connectivity index (χ1n) is 4.59. The third-order valence-corrected chi connectivity index (χ3v) is 1.99. The molecule has 13 heavy (non-hydrogen) atoms. The number of allylic oxidation sites excluding steroid dienone is 3. The summed E-state index contributed by atoms with van der Waals surface area (Å²) in [5.74, 6) is 1.40. The molecule has 0 atom stereocenters. The second-order valence-electron chi connectivity index (χ2n) is 2.85. The minimum Gasteiger partial charge on any atom is -0.487 e. The van der Waals surface area contributed by atoms with Gasteiger partial charge in [-0.3, -0.25) is 0 Å². The van der Waals surface area contributed by atoms with Crippen molar-refractivity contribution in [3.05, 3.63) is 35.8 Å². The number of ether oxygens (including phenoxy) is 2. The van der Waals surface area contributed by atoms with Crippen LogP contribution in [0, 0.1) is 0 Å². The fourth-order valence-corrected chi connectivity index (χ4v) is 1.15. The average molecular weight is 180 g/mol. The van der Waals surface area contributed by atoms with Crippen LogP contribution in [0.3, 0.4) is 0 Å². The van der Waals surface area contributed by atoms with Gasteiger partial charge in [0.05, 0.1) is 0 Å². The van der Waals surface area contributed by atoms with Crippen molar-refractivity contribution in [2.45, 2.75) is 20.3 Å². The summed E-state index contributed by atoms with van der Waals surface area (Å²) >= 11 is 0. The van der Waals surface area contributed by atoms with Crippen LogP contribution in [0.2, 0.25) is 0 Å². The van der Waals surface area contributed by atoms with Crippen molar-refractivity contribution in [1.82, 2.24) is 0 Å². The molecule has 1 rings (SSSR count). The molecule has 1 aliphatic heterocycles. The molecular weight excluding hydrogens is 164 g/mol. The van der Waals surface area contributed by atoms with E-state index < -0.39 is 0 Å². The average Bonchev–Trinajstić information content (AvgIpc) is 2.17. The Morgan fingerprint density at radius 1 is 1.46 bits per heavy atom. The molecule has 1 heterocycles. The van der Waals surface area contributed by atoms with Crippen molar-refractivity contribution in [3.63, 3.8) is 0 Å². The molecule has 1 aliphatic rings. The van der Waals surface area contributed by atoms with Crippen LogP contribution in [-0.2, 0) is 9.47 Å². The van der Waals surface area contributed by atoms with E-state index in [1.807, 2.05) is 13.0 Å². The molecule has 0 aliphatic carbocycles. The molecule has 1 fully saturated rings. The van der Waals surface area contributed by atoms with E-state index in [0.29, 0.717) is 19.0 Å². The molecule has 0 saturated carbocycles. The fraction of sp³-hybridized carbons (Fsp3) is 0.455. The molecule has 72 valence electrons. The van der Waals surface area contributed by atoms with Gasteiger partial charge >= 0.3 is 0 Å². The smallest absolute Gasteiger partial charge is 0.160 e. The highest BCUT2D eigenvalue weighted by molar-refractivity contribution is 5.29. The Kier molecular flexibility index (Phi) is 3.62. The van der Waals surface area contributed by atoms with Crippen molar-refractivity contribution >= 4 is 0 Å². The second-order valence-corrected chi connectivity index (χ2v) is 2.85. The highest BCUT2D eigenvalue weighted by atomic mass is 16.6. The molecule has 0 unspecified atom stereocenters. The predicted molar refractivity (Wildman–Crippen MR) is 53.2 cm³/mol. The Labute approximate surface area is 79.5 Å². The summed E-state index contributed by atoms with van der Waals surface area (Å²) < 4.78 is 10.7. The topological polar surface area (TPSA) is 18.5 Å². The largest absolute Gasteiger partial charge is 0.487 e. The van der Waals surface area contributed by atoms with Crippen molar-refractivity contribution in [1.29, 1.82) is 0 Å². The highest BCUT2D eigenvalue weighted by Crippen LogP contribution is 2.18. The zero-order valence-electron chi connectivity index (χ0n) is 8.30. The summed E-state index contributed by atoms with van der Waals surface area (Å²) in [6.45, 7) is 9.12. The maximum atomic E-state index is 5.42. The molecule has 2 heteroatoms. The van der Waals surface area contributed by atoms with E-state index in [1.54, 1.807) is 0 Å². The van der Waals surface area contributed by atoms with E-state index in [-0.39, 0.29) is 0 Å². The second kappa shape index (κ2) is 4.75. The highest BCUT2D eigenvalue weighted by Gasteiger charge is 2.11. The lowest BCUT2D eigenvalue weighted by molar-refractivity contribution is 0.0604. The van der Waals surface area contributed by atoms with E-state index in [1.165, 1.54) is 5.57 Å². The first kappa shape index (κ1) is 9.90. The summed E-state index contributed by atoms with van der Waals surface area (Å²) in [5, 5.41) is 0. The Morgan fingerprint density at radius 2 is 2.15 bits per heavy atom. The lowest BCUT2D eigenvalue weighted by Gasteiger charge is -2.19. The van der Waals surface area contributed by atoms with Gasteiger partial charge in [0.2, 0.25) is 0 Å². The van der Waals surface area contributed by atoms with Crippen molar-refractivity contribution in [2.24, 2.45) is 0 Å². The van der Waals surface area contributed by atoms with Gasteiger partial charge in [0, 0.05) is 0 Å². The first-order chi connectivity index (χ1) is 6.27. The predicted octanol–water partition coefficient (Wildman–Crippen LogP) is 2.79.